The molecule has 0 aliphatic carbocycles. The Kier molecular flexibility index (Phi) is 5.50. The van der Waals surface area contributed by atoms with Gasteiger partial charge >= 0.3 is 0 Å². The third-order valence-corrected chi connectivity index (χ3v) is 3.90. The highest BCUT2D eigenvalue weighted by atomic mass is 79.9. The zero-order valence-corrected chi connectivity index (χ0v) is 13.1. The molecule has 0 unspecified atom stereocenters. The van der Waals surface area contributed by atoms with Gasteiger partial charge in [-0.1, -0.05) is 64.5 Å². The Bertz CT molecular complexity index is 568. The molecule has 0 spiro atoms. The number of halogens is 1. The summed E-state index contributed by atoms with van der Waals surface area (Å²) in [6, 6.07) is 17.9. The van der Waals surface area contributed by atoms with Gasteiger partial charge in [0.25, 0.3) is 0 Å². The number of hydrogen-bond acceptors (Lipinski definition) is 2. The highest BCUT2D eigenvalue weighted by Crippen LogP contribution is 2.16. The maximum atomic E-state index is 12.2. The van der Waals surface area contributed by atoms with Gasteiger partial charge in [0.1, 0.15) is 0 Å². The molecule has 0 fully saturated rings. The molecule has 0 saturated carbocycles. The summed E-state index contributed by atoms with van der Waals surface area (Å²) >= 11 is 3.42. The summed E-state index contributed by atoms with van der Waals surface area (Å²) in [4.78, 5) is 14.3. The van der Waals surface area contributed by atoms with Crippen LogP contribution in [0.15, 0.2) is 59.1 Å². The molecular formula is C17H18BrNO. The first-order chi connectivity index (χ1) is 9.66. The van der Waals surface area contributed by atoms with E-state index < -0.39 is 0 Å². The van der Waals surface area contributed by atoms with E-state index in [9.17, 15) is 4.79 Å². The second kappa shape index (κ2) is 7.36. The number of likely N-dealkylation sites (N-methyl/N-ethyl adjacent to an activating group) is 1. The number of benzene rings is 2. The van der Waals surface area contributed by atoms with Crippen LogP contribution < -0.4 is 0 Å². The molecule has 0 aliphatic heterocycles. The highest BCUT2D eigenvalue weighted by molar-refractivity contribution is 9.10. The van der Waals surface area contributed by atoms with Crippen molar-refractivity contribution in [3.63, 3.8) is 0 Å². The Balaban J connectivity index is 1.87. The summed E-state index contributed by atoms with van der Waals surface area (Å²) in [6.07, 6.45) is 0.959. The van der Waals surface area contributed by atoms with E-state index in [4.69, 9.17) is 0 Å². The fraction of sp³-hybridized carbons (Fsp3) is 0.235. The molecule has 2 rings (SSSR count). The third-order valence-electron chi connectivity index (χ3n) is 3.21. The molecule has 2 nitrogen and oxygen atoms in total. The number of nitrogens with zero attached hydrogens (tertiary/aromatic N) is 1. The van der Waals surface area contributed by atoms with E-state index in [2.05, 4.69) is 33.0 Å². The smallest absolute Gasteiger partial charge is 0.177 e. The van der Waals surface area contributed by atoms with Gasteiger partial charge in [0.15, 0.2) is 5.78 Å². The first-order valence-electron chi connectivity index (χ1n) is 6.67. The van der Waals surface area contributed by atoms with Crippen LogP contribution in [0.1, 0.15) is 15.9 Å². The van der Waals surface area contributed by atoms with E-state index in [1.165, 1.54) is 5.56 Å². The van der Waals surface area contributed by atoms with Crippen LogP contribution in [-0.4, -0.2) is 30.8 Å². The molecule has 2 aromatic carbocycles. The number of hydrogen-bond donors (Lipinski definition) is 0. The second-order valence-electron chi connectivity index (χ2n) is 4.88. The van der Waals surface area contributed by atoms with Crippen LogP contribution >= 0.6 is 15.9 Å². The first-order valence-corrected chi connectivity index (χ1v) is 7.46. The van der Waals surface area contributed by atoms with Crippen LogP contribution in [0.4, 0.5) is 0 Å². The Labute approximate surface area is 128 Å². The van der Waals surface area contributed by atoms with Crippen LogP contribution in [0.2, 0.25) is 0 Å². The van der Waals surface area contributed by atoms with Crippen molar-refractivity contribution in [2.75, 3.05) is 20.1 Å². The molecule has 2 aromatic rings. The van der Waals surface area contributed by atoms with Gasteiger partial charge in [0, 0.05) is 16.6 Å². The standard InChI is InChI=1S/C17H18BrNO/c1-19(12-11-14-7-3-2-4-8-14)13-17(20)15-9-5-6-10-16(15)18/h2-10H,11-13H2,1H3. The fourth-order valence-electron chi connectivity index (χ4n) is 2.06. The van der Waals surface area contributed by atoms with E-state index in [-0.39, 0.29) is 5.78 Å². The Morgan fingerprint density at radius 1 is 1.05 bits per heavy atom. The van der Waals surface area contributed by atoms with Crippen molar-refractivity contribution in [3.05, 3.63) is 70.2 Å². The van der Waals surface area contributed by atoms with E-state index in [1.807, 2.05) is 49.5 Å². The molecular weight excluding hydrogens is 314 g/mol. The predicted molar refractivity (Wildman–Crippen MR) is 86.1 cm³/mol. The Morgan fingerprint density at radius 3 is 2.40 bits per heavy atom. The average Bonchev–Trinajstić information content (AvgIpc) is 2.46. The Hall–Kier alpha value is -1.45. The Morgan fingerprint density at radius 2 is 1.70 bits per heavy atom. The van der Waals surface area contributed by atoms with Crippen molar-refractivity contribution in [2.24, 2.45) is 0 Å². The van der Waals surface area contributed by atoms with Gasteiger partial charge in [0.05, 0.1) is 6.54 Å². The van der Waals surface area contributed by atoms with Crippen molar-refractivity contribution in [1.82, 2.24) is 4.90 Å². The van der Waals surface area contributed by atoms with E-state index >= 15 is 0 Å². The van der Waals surface area contributed by atoms with Crippen molar-refractivity contribution in [1.29, 1.82) is 0 Å². The molecule has 0 bridgehead atoms. The number of carbonyl (C=O) groups is 1. The molecule has 0 heterocycles. The number of Topliss-reactive ketones (excluding diaryl/α,β-unsaturated/α-hetero) is 1. The average molecular weight is 332 g/mol. The zero-order valence-electron chi connectivity index (χ0n) is 11.6. The summed E-state index contributed by atoms with van der Waals surface area (Å²) < 4.78 is 0.862. The minimum atomic E-state index is 0.146. The van der Waals surface area contributed by atoms with Crippen LogP contribution in [0.3, 0.4) is 0 Å². The minimum absolute atomic E-state index is 0.146. The second-order valence-corrected chi connectivity index (χ2v) is 5.73. The van der Waals surface area contributed by atoms with Crippen LogP contribution in [-0.2, 0) is 6.42 Å². The van der Waals surface area contributed by atoms with Crippen molar-refractivity contribution in [3.8, 4) is 0 Å². The molecule has 0 atom stereocenters. The largest absolute Gasteiger partial charge is 0.299 e. The van der Waals surface area contributed by atoms with Gasteiger partial charge in [-0.25, -0.2) is 0 Å². The van der Waals surface area contributed by atoms with Gasteiger partial charge in [0.2, 0.25) is 0 Å². The normalized spacial score (nSPS) is 10.8. The summed E-state index contributed by atoms with van der Waals surface area (Å²) in [7, 11) is 1.98. The van der Waals surface area contributed by atoms with Crippen LogP contribution in [0.5, 0.6) is 0 Å². The lowest BCUT2D eigenvalue weighted by Gasteiger charge is -2.16. The van der Waals surface area contributed by atoms with Crippen molar-refractivity contribution in [2.45, 2.75) is 6.42 Å². The highest BCUT2D eigenvalue weighted by Gasteiger charge is 2.11. The summed E-state index contributed by atoms with van der Waals surface area (Å²) in [5.74, 6) is 0.146. The topological polar surface area (TPSA) is 20.3 Å². The molecule has 0 radical (unpaired) electrons. The lowest BCUT2D eigenvalue weighted by molar-refractivity contribution is 0.0946. The number of ketones is 1. The molecule has 0 aromatic heterocycles. The fourth-order valence-corrected chi connectivity index (χ4v) is 2.57. The zero-order chi connectivity index (χ0) is 14.4. The molecule has 0 amide bonds. The van der Waals surface area contributed by atoms with Gasteiger partial charge in [-0.3, -0.25) is 9.69 Å². The van der Waals surface area contributed by atoms with E-state index in [0.29, 0.717) is 6.54 Å². The lowest BCUT2D eigenvalue weighted by Crippen LogP contribution is -2.28. The van der Waals surface area contributed by atoms with Gasteiger partial charge < -0.3 is 0 Å². The molecule has 3 heteroatoms. The third kappa shape index (κ3) is 4.29. The monoisotopic (exact) mass is 331 g/mol. The molecule has 104 valence electrons. The predicted octanol–water partition coefficient (Wildman–Crippen LogP) is 3.81. The maximum Gasteiger partial charge on any atom is 0.177 e. The van der Waals surface area contributed by atoms with E-state index in [1.54, 1.807) is 0 Å². The summed E-state index contributed by atoms with van der Waals surface area (Å²) in [5.41, 5.74) is 2.05. The van der Waals surface area contributed by atoms with Crippen LogP contribution in [0, 0.1) is 0 Å². The maximum absolute atomic E-state index is 12.2. The van der Waals surface area contributed by atoms with E-state index in [0.717, 1.165) is 23.0 Å². The lowest BCUT2D eigenvalue weighted by atomic mass is 10.1. The minimum Gasteiger partial charge on any atom is -0.299 e. The SMILES string of the molecule is CN(CCc1ccccc1)CC(=O)c1ccccc1Br. The van der Waals surface area contributed by atoms with Crippen molar-refractivity contribution < 1.29 is 4.79 Å². The van der Waals surface area contributed by atoms with Gasteiger partial charge in [-0.2, -0.15) is 0 Å². The number of rotatable bonds is 6. The molecule has 0 aliphatic rings. The number of carbonyl (C=O) groups excluding carboxylic acids is 1. The van der Waals surface area contributed by atoms with Gasteiger partial charge in [-0.05, 0) is 25.1 Å². The molecule has 0 saturated heterocycles. The summed E-state index contributed by atoms with van der Waals surface area (Å²) in [5, 5.41) is 0. The molecule has 0 N–H and O–H groups in total. The molecule has 20 heavy (non-hydrogen) atoms. The van der Waals surface area contributed by atoms with Crippen molar-refractivity contribution >= 4 is 21.7 Å². The summed E-state index contributed by atoms with van der Waals surface area (Å²) in [6.45, 7) is 1.32. The van der Waals surface area contributed by atoms with Gasteiger partial charge in [-0.15, -0.1) is 0 Å². The van der Waals surface area contributed by atoms with Crippen LogP contribution in [0.25, 0.3) is 0 Å². The quantitative estimate of drug-likeness (QED) is 0.750. The first kappa shape index (κ1) is 14.9.